The zero-order chi connectivity index (χ0) is 18.5. The molecule has 1 N–H and O–H groups in total. The van der Waals surface area contributed by atoms with E-state index in [1.807, 2.05) is 54.6 Å². The number of benzene rings is 2. The molecule has 0 radical (unpaired) electrons. The van der Waals surface area contributed by atoms with Gasteiger partial charge in [-0.3, -0.25) is 4.79 Å². The van der Waals surface area contributed by atoms with Crippen molar-refractivity contribution in [1.29, 1.82) is 0 Å². The van der Waals surface area contributed by atoms with Gasteiger partial charge in [-0.25, -0.2) is 0 Å². The first-order valence-electron chi connectivity index (χ1n) is 10.3. The average molecular weight is 364 g/mol. The highest BCUT2D eigenvalue weighted by molar-refractivity contribution is 6.00. The van der Waals surface area contributed by atoms with Crippen molar-refractivity contribution in [3.63, 3.8) is 0 Å². The smallest absolute Gasteiger partial charge is 0.255 e. The van der Waals surface area contributed by atoms with Gasteiger partial charge in [0.05, 0.1) is 11.3 Å². The third kappa shape index (κ3) is 4.33. The van der Waals surface area contributed by atoms with Crippen LogP contribution >= 0.6 is 0 Å². The predicted octanol–water partition coefficient (Wildman–Crippen LogP) is 4.52. The Morgan fingerprint density at radius 3 is 2.37 bits per heavy atom. The number of hydrogen-bond acceptors (Lipinski definition) is 3. The lowest BCUT2D eigenvalue weighted by molar-refractivity contribution is 0.0758. The number of anilines is 2. The van der Waals surface area contributed by atoms with Crippen LogP contribution in [-0.4, -0.2) is 47.9 Å². The zero-order valence-corrected chi connectivity index (χ0v) is 15.9. The van der Waals surface area contributed by atoms with E-state index in [-0.39, 0.29) is 5.91 Å². The number of amides is 1. The van der Waals surface area contributed by atoms with Gasteiger partial charge in [-0.2, -0.15) is 0 Å². The third-order valence-corrected chi connectivity index (χ3v) is 5.85. The molecule has 0 saturated carbocycles. The van der Waals surface area contributed by atoms with E-state index in [1.54, 1.807) is 0 Å². The average Bonchev–Trinajstić information content (AvgIpc) is 3.13. The van der Waals surface area contributed by atoms with Gasteiger partial charge in [-0.15, -0.1) is 0 Å². The summed E-state index contributed by atoms with van der Waals surface area (Å²) in [6.07, 6.45) is 6.07. The van der Waals surface area contributed by atoms with Gasteiger partial charge >= 0.3 is 0 Å². The fourth-order valence-electron chi connectivity index (χ4n) is 4.38. The fraction of sp³-hybridized carbons (Fsp3) is 0.435. The molecule has 4 rings (SSSR count). The van der Waals surface area contributed by atoms with Crippen molar-refractivity contribution in [2.45, 2.75) is 38.1 Å². The van der Waals surface area contributed by atoms with Gasteiger partial charge in [0.2, 0.25) is 0 Å². The molecule has 0 spiro atoms. The summed E-state index contributed by atoms with van der Waals surface area (Å²) in [4.78, 5) is 18.0. The first kappa shape index (κ1) is 18.1. The molecule has 0 bridgehead atoms. The molecule has 0 aromatic heterocycles. The minimum absolute atomic E-state index is 0.149. The molecule has 4 heteroatoms. The summed E-state index contributed by atoms with van der Waals surface area (Å²) in [6, 6.07) is 18.6. The molecule has 1 amide bonds. The summed E-state index contributed by atoms with van der Waals surface area (Å²) in [7, 11) is 0. The number of hydrogen-bond donors (Lipinski definition) is 1. The Morgan fingerprint density at radius 2 is 1.56 bits per heavy atom. The van der Waals surface area contributed by atoms with Gasteiger partial charge in [-0.05, 0) is 69.5 Å². The Hall–Kier alpha value is -2.33. The monoisotopic (exact) mass is 363 g/mol. The fourth-order valence-corrected chi connectivity index (χ4v) is 4.38. The highest BCUT2D eigenvalue weighted by Crippen LogP contribution is 2.25. The van der Waals surface area contributed by atoms with Crippen LogP contribution in [0.4, 0.5) is 11.4 Å². The zero-order valence-electron chi connectivity index (χ0n) is 15.9. The summed E-state index contributed by atoms with van der Waals surface area (Å²) in [5, 5.41) is 3.41. The molecular formula is C23H29N3O. The van der Waals surface area contributed by atoms with Crippen LogP contribution in [0.15, 0.2) is 54.6 Å². The van der Waals surface area contributed by atoms with Crippen molar-refractivity contribution in [3.8, 4) is 0 Å². The number of para-hydroxylation sites is 2. The van der Waals surface area contributed by atoms with E-state index in [9.17, 15) is 4.79 Å². The predicted molar refractivity (Wildman–Crippen MR) is 111 cm³/mol. The SMILES string of the molecule is O=C(c1ccccc1Nc1ccccc1)N1CCCC(N2CCCC2)CC1. The second-order valence-electron chi connectivity index (χ2n) is 7.66. The van der Waals surface area contributed by atoms with E-state index in [4.69, 9.17) is 0 Å². The third-order valence-electron chi connectivity index (χ3n) is 5.85. The Morgan fingerprint density at radius 1 is 0.815 bits per heavy atom. The molecular weight excluding hydrogens is 334 g/mol. The van der Waals surface area contributed by atoms with E-state index < -0.39 is 0 Å². The molecule has 2 heterocycles. The maximum atomic E-state index is 13.3. The number of nitrogens with one attached hydrogen (secondary N) is 1. The maximum Gasteiger partial charge on any atom is 0.255 e. The summed E-state index contributed by atoms with van der Waals surface area (Å²) in [5.74, 6) is 0.149. The number of nitrogens with zero attached hydrogens (tertiary/aromatic N) is 2. The quantitative estimate of drug-likeness (QED) is 0.867. The van der Waals surface area contributed by atoms with E-state index in [1.165, 1.54) is 32.4 Å². The Kier molecular flexibility index (Phi) is 5.73. The molecule has 1 atom stereocenters. The van der Waals surface area contributed by atoms with Crippen molar-refractivity contribution < 1.29 is 4.79 Å². The lowest BCUT2D eigenvalue weighted by Crippen LogP contribution is -2.35. The molecule has 2 fully saturated rings. The maximum absolute atomic E-state index is 13.3. The van der Waals surface area contributed by atoms with Crippen molar-refractivity contribution in [2.24, 2.45) is 0 Å². The molecule has 142 valence electrons. The van der Waals surface area contributed by atoms with Gasteiger partial charge in [0.25, 0.3) is 5.91 Å². The van der Waals surface area contributed by atoms with Gasteiger partial charge < -0.3 is 15.1 Å². The van der Waals surface area contributed by atoms with Crippen LogP contribution < -0.4 is 5.32 Å². The number of carbonyl (C=O) groups excluding carboxylic acids is 1. The van der Waals surface area contributed by atoms with E-state index in [0.29, 0.717) is 6.04 Å². The Bertz CT molecular complexity index is 755. The van der Waals surface area contributed by atoms with Crippen molar-refractivity contribution >= 4 is 17.3 Å². The second kappa shape index (κ2) is 8.57. The van der Waals surface area contributed by atoms with Crippen molar-refractivity contribution in [1.82, 2.24) is 9.80 Å². The summed E-state index contributed by atoms with van der Waals surface area (Å²) in [6.45, 7) is 4.20. The molecule has 2 saturated heterocycles. The minimum atomic E-state index is 0.149. The topological polar surface area (TPSA) is 35.6 Å². The molecule has 27 heavy (non-hydrogen) atoms. The molecule has 2 aliphatic rings. The molecule has 1 unspecified atom stereocenters. The first-order valence-corrected chi connectivity index (χ1v) is 10.3. The van der Waals surface area contributed by atoms with Gasteiger partial charge in [-0.1, -0.05) is 30.3 Å². The molecule has 0 aliphatic carbocycles. The van der Waals surface area contributed by atoms with E-state index >= 15 is 0 Å². The van der Waals surface area contributed by atoms with Crippen LogP contribution in [0.25, 0.3) is 0 Å². The van der Waals surface area contributed by atoms with Crippen LogP contribution in [0.2, 0.25) is 0 Å². The standard InChI is InChI=1S/C23H29N3O/c27-23(26-17-8-11-20(14-18-26)25-15-6-7-16-25)21-12-4-5-13-22(21)24-19-9-2-1-3-10-19/h1-5,9-10,12-13,20,24H,6-8,11,14-18H2. The lowest BCUT2D eigenvalue weighted by atomic mass is 10.1. The van der Waals surface area contributed by atoms with Crippen LogP contribution in [0.3, 0.4) is 0 Å². The van der Waals surface area contributed by atoms with Crippen molar-refractivity contribution in [2.75, 3.05) is 31.5 Å². The van der Waals surface area contributed by atoms with Gasteiger partial charge in [0.1, 0.15) is 0 Å². The Labute approximate surface area is 162 Å². The van der Waals surface area contributed by atoms with E-state index in [0.717, 1.165) is 42.9 Å². The number of carbonyl (C=O) groups is 1. The van der Waals surface area contributed by atoms with E-state index in [2.05, 4.69) is 15.1 Å². The van der Waals surface area contributed by atoms with Crippen molar-refractivity contribution in [3.05, 3.63) is 60.2 Å². The summed E-state index contributed by atoms with van der Waals surface area (Å²) >= 11 is 0. The van der Waals surface area contributed by atoms with Gasteiger partial charge in [0.15, 0.2) is 0 Å². The number of rotatable bonds is 4. The Balaban J connectivity index is 1.46. The molecule has 2 aromatic rings. The molecule has 4 nitrogen and oxygen atoms in total. The minimum Gasteiger partial charge on any atom is -0.355 e. The molecule has 2 aromatic carbocycles. The normalized spacial score (nSPS) is 21.0. The second-order valence-corrected chi connectivity index (χ2v) is 7.66. The van der Waals surface area contributed by atoms with Crippen LogP contribution in [0, 0.1) is 0 Å². The van der Waals surface area contributed by atoms with Crippen LogP contribution in [-0.2, 0) is 0 Å². The number of likely N-dealkylation sites (tertiary alicyclic amines) is 2. The molecule has 2 aliphatic heterocycles. The summed E-state index contributed by atoms with van der Waals surface area (Å²) in [5.41, 5.74) is 2.65. The largest absolute Gasteiger partial charge is 0.355 e. The highest BCUT2D eigenvalue weighted by Gasteiger charge is 2.27. The van der Waals surface area contributed by atoms with Crippen LogP contribution in [0.5, 0.6) is 0 Å². The highest BCUT2D eigenvalue weighted by atomic mass is 16.2. The summed E-state index contributed by atoms with van der Waals surface area (Å²) < 4.78 is 0. The van der Waals surface area contributed by atoms with Crippen LogP contribution in [0.1, 0.15) is 42.5 Å². The van der Waals surface area contributed by atoms with Gasteiger partial charge in [0, 0.05) is 24.8 Å². The first-order chi connectivity index (χ1) is 13.3. The lowest BCUT2D eigenvalue weighted by Gasteiger charge is -2.26.